The highest BCUT2D eigenvalue weighted by atomic mass is 16.2. The molecule has 2 aliphatic rings. The second kappa shape index (κ2) is 5.19. The van der Waals surface area contributed by atoms with Crippen molar-refractivity contribution in [3.63, 3.8) is 0 Å². The number of fused-ring (bicyclic) bond motifs is 2. The standard InChI is InChI=1S/C15H24N4O/c1-9(14-7-12-4-5-13(14)6-12)16-15(20)8-19-11(3)17-10(2)18-19/h9,12-14H,4-8H2,1-3H3,(H,16,20)/t9-,12-,13-,14+/m1/s1. The Morgan fingerprint density at radius 1 is 1.40 bits per heavy atom. The molecule has 1 N–H and O–H groups in total. The summed E-state index contributed by atoms with van der Waals surface area (Å²) in [4.78, 5) is 16.4. The molecule has 2 fully saturated rings. The molecule has 2 saturated carbocycles. The Balaban J connectivity index is 1.55. The van der Waals surface area contributed by atoms with E-state index in [-0.39, 0.29) is 18.5 Å². The maximum absolute atomic E-state index is 12.1. The van der Waals surface area contributed by atoms with Crippen molar-refractivity contribution in [3.05, 3.63) is 11.6 Å². The number of carbonyl (C=O) groups is 1. The predicted molar refractivity (Wildman–Crippen MR) is 76.0 cm³/mol. The van der Waals surface area contributed by atoms with Crippen LogP contribution in [0.1, 0.15) is 44.3 Å². The van der Waals surface area contributed by atoms with Gasteiger partial charge in [0.1, 0.15) is 18.2 Å². The van der Waals surface area contributed by atoms with Gasteiger partial charge in [0, 0.05) is 6.04 Å². The topological polar surface area (TPSA) is 59.8 Å². The molecule has 2 aliphatic carbocycles. The molecular formula is C15H24N4O. The van der Waals surface area contributed by atoms with Crippen LogP contribution in [-0.2, 0) is 11.3 Å². The van der Waals surface area contributed by atoms with E-state index < -0.39 is 0 Å². The lowest BCUT2D eigenvalue weighted by atomic mass is 9.84. The summed E-state index contributed by atoms with van der Waals surface area (Å²) in [5.41, 5.74) is 0. The third-order valence-electron chi connectivity index (χ3n) is 5.08. The fraction of sp³-hybridized carbons (Fsp3) is 0.800. The molecule has 110 valence electrons. The molecule has 5 heteroatoms. The average Bonchev–Trinajstić information content (AvgIpc) is 3.05. The van der Waals surface area contributed by atoms with Crippen LogP contribution < -0.4 is 5.32 Å². The molecule has 20 heavy (non-hydrogen) atoms. The minimum atomic E-state index is 0.0493. The molecule has 0 unspecified atom stereocenters. The third-order valence-corrected chi connectivity index (χ3v) is 5.08. The fourth-order valence-corrected chi connectivity index (χ4v) is 4.16. The number of aromatic nitrogens is 3. The van der Waals surface area contributed by atoms with Gasteiger partial charge < -0.3 is 5.32 Å². The Kier molecular flexibility index (Phi) is 3.52. The lowest BCUT2D eigenvalue weighted by molar-refractivity contribution is -0.123. The van der Waals surface area contributed by atoms with E-state index >= 15 is 0 Å². The summed E-state index contributed by atoms with van der Waals surface area (Å²) in [5.74, 6) is 4.00. The molecule has 5 nitrogen and oxygen atoms in total. The molecule has 0 aromatic carbocycles. The molecule has 1 aromatic heterocycles. The first kappa shape index (κ1) is 13.6. The van der Waals surface area contributed by atoms with Crippen LogP contribution in [0.15, 0.2) is 0 Å². The van der Waals surface area contributed by atoms with Crippen molar-refractivity contribution in [2.45, 2.75) is 59.0 Å². The average molecular weight is 276 g/mol. The molecular weight excluding hydrogens is 252 g/mol. The number of aryl methyl sites for hydroxylation is 2. The molecule has 0 spiro atoms. The van der Waals surface area contributed by atoms with E-state index in [2.05, 4.69) is 22.3 Å². The zero-order valence-corrected chi connectivity index (χ0v) is 12.6. The summed E-state index contributed by atoms with van der Waals surface area (Å²) in [7, 11) is 0. The smallest absolute Gasteiger partial charge is 0.242 e. The van der Waals surface area contributed by atoms with Gasteiger partial charge in [0.05, 0.1) is 0 Å². The Morgan fingerprint density at radius 2 is 2.20 bits per heavy atom. The van der Waals surface area contributed by atoms with Crippen molar-refractivity contribution in [2.75, 3.05) is 0 Å². The molecule has 1 heterocycles. The van der Waals surface area contributed by atoms with Crippen LogP contribution >= 0.6 is 0 Å². The lowest BCUT2D eigenvalue weighted by Gasteiger charge is -2.28. The van der Waals surface area contributed by atoms with Crippen molar-refractivity contribution >= 4 is 5.91 Å². The van der Waals surface area contributed by atoms with E-state index in [4.69, 9.17) is 0 Å². The zero-order valence-electron chi connectivity index (χ0n) is 12.6. The summed E-state index contributed by atoms with van der Waals surface area (Å²) in [6.07, 6.45) is 5.44. The SMILES string of the molecule is Cc1nc(C)n(CC(=O)N[C@H](C)[C@@H]2C[C@@H]3CC[C@@H]2C3)n1. The van der Waals surface area contributed by atoms with Gasteiger partial charge in [-0.2, -0.15) is 5.10 Å². The van der Waals surface area contributed by atoms with Crippen molar-refractivity contribution in [1.29, 1.82) is 0 Å². The molecule has 0 radical (unpaired) electrons. The Bertz CT molecular complexity index is 510. The van der Waals surface area contributed by atoms with Crippen LogP contribution in [0.25, 0.3) is 0 Å². The Hall–Kier alpha value is -1.39. The fourth-order valence-electron chi connectivity index (χ4n) is 4.16. The first-order valence-corrected chi connectivity index (χ1v) is 7.70. The summed E-state index contributed by atoms with van der Waals surface area (Å²) >= 11 is 0. The number of nitrogens with one attached hydrogen (secondary N) is 1. The van der Waals surface area contributed by atoms with E-state index in [0.29, 0.717) is 5.92 Å². The number of nitrogens with zero attached hydrogens (tertiary/aromatic N) is 3. The number of hydrogen-bond acceptors (Lipinski definition) is 3. The third kappa shape index (κ3) is 2.58. The van der Waals surface area contributed by atoms with Gasteiger partial charge in [-0.25, -0.2) is 9.67 Å². The second-order valence-corrected chi connectivity index (χ2v) is 6.56. The van der Waals surface area contributed by atoms with Crippen molar-refractivity contribution in [1.82, 2.24) is 20.1 Å². The first-order chi connectivity index (χ1) is 9.52. The van der Waals surface area contributed by atoms with Crippen LogP contribution in [0.4, 0.5) is 0 Å². The minimum Gasteiger partial charge on any atom is -0.352 e. The Morgan fingerprint density at radius 3 is 2.75 bits per heavy atom. The van der Waals surface area contributed by atoms with Crippen LogP contribution in [0.2, 0.25) is 0 Å². The summed E-state index contributed by atoms with van der Waals surface area (Å²) in [6.45, 7) is 6.16. The van der Waals surface area contributed by atoms with Crippen LogP contribution in [0.5, 0.6) is 0 Å². The van der Waals surface area contributed by atoms with Gasteiger partial charge in [-0.1, -0.05) is 6.42 Å². The van der Waals surface area contributed by atoms with Gasteiger partial charge in [-0.3, -0.25) is 4.79 Å². The van der Waals surface area contributed by atoms with E-state index in [0.717, 1.165) is 23.5 Å². The van der Waals surface area contributed by atoms with E-state index in [9.17, 15) is 4.79 Å². The number of rotatable bonds is 4. The van der Waals surface area contributed by atoms with E-state index in [1.807, 2.05) is 13.8 Å². The van der Waals surface area contributed by atoms with Crippen LogP contribution in [-0.4, -0.2) is 26.7 Å². The molecule has 1 aromatic rings. The van der Waals surface area contributed by atoms with Gasteiger partial charge >= 0.3 is 0 Å². The lowest BCUT2D eigenvalue weighted by Crippen LogP contribution is -2.41. The highest BCUT2D eigenvalue weighted by Gasteiger charge is 2.42. The quantitative estimate of drug-likeness (QED) is 0.912. The number of amides is 1. The maximum Gasteiger partial charge on any atom is 0.242 e. The molecule has 4 atom stereocenters. The Labute approximate surface area is 120 Å². The largest absolute Gasteiger partial charge is 0.352 e. The van der Waals surface area contributed by atoms with Gasteiger partial charge in [0.15, 0.2) is 0 Å². The van der Waals surface area contributed by atoms with Crippen molar-refractivity contribution in [3.8, 4) is 0 Å². The van der Waals surface area contributed by atoms with Gasteiger partial charge in [-0.05, 0) is 57.8 Å². The molecule has 0 saturated heterocycles. The van der Waals surface area contributed by atoms with E-state index in [1.165, 1.54) is 25.7 Å². The molecule has 3 rings (SSSR count). The van der Waals surface area contributed by atoms with Gasteiger partial charge in [0.2, 0.25) is 5.91 Å². The molecule has 2 bridgehead atoms. The first-order valence-electron chi connectivity index (χ1n) is 7.70. The minimum absolute atomic E-state index is 0.0493. The van der Waals surface area contributed by atoms with Crippen LogP contribution in [0, 0.1) is 31.6 Å². The monoisotopic (exact) mass is 276 g/mol. The normalized spacial score (nSPS) is 29.6. The highest BCUT2D eigenvalue weighted by Crippen LogP contribution is 2.49. The van der Waals surface area contributed by atoms with Crippen molar-refractivity contribution in [2.24, 2.45) is 17.8 Å². The van der Waals surface area contributed by atoms with Crippen molar-refractivity contribution < 1.29 is 4.79 Å². The zero-order chi connectivity index (χ0) is 14.3. The van der Waals surface area contributed by atoms with E-state index in [1.54, 1.807) is 4.68 Å². The number of carbonyl (C=O) groups excluding carboxylic acids is 1. The highest BCUT2D eigenvalue weighted by molar-refractivity contribution is 5.76. The predicted octanol–water partition coefficient (Wildman–Crippen LogP) is 1.84. The van der Waals surface area contributed by atoms with Crippen LogP contribution in [0.3, 0.4) is 0 Å². The number of hydrogen-bond donors (Lipinski definition) is 1. The van der Waals surface area contributed by atoms with Gasteiger partial charge in [-0.15, -0.1) is 0 Å². The van der Waals surface area contributed by atoms with Gasteiger partial charge in [0.25, 0.3) is 0 Å². The summed E-state index contributed by atoms with van der Waals surface area (Å²) in [5, 5.41) is 7.40. The summed E-state index contributed by atoms with van der Waals surface area (Å²) in [6, 6.07) is 0.280. The summed E-state index contributed by atoms with van der Waals surface area (Å²) < 4.78 is 1.68. The second-order valence-electron chi connectivity index (χ2n) is 6.56. The molecule has 0 aliphatic heterocycles. The maximum atomic E-state index is 12.1. The molecule has 1 amide bonds.